The van der Waals surface area contributed by atoms with Crippen LogP contribution in [0.15, 0.2) is 24.3 Å². The van der Waals surface area contributed by atoms with Crippen LogP contribution in [0.5, 0.6) is 0 Å². The van der Waals surface area contributed by atoms with E-state index in [1.165, 1.54) is 50.0 Å². The van der Waals surface area contributed by atoms with Crippen molar-refractivity contribution in [2.45, 2.75) is 45.4 Å². The molecule has 1 heterocycles. The number of benzene rings is 1. The van der Waals surface area contributed by atoms with Crippen LogP contribution in [0.1, 0.15) is 37.3 Å². The fraction of sp³-hybridized carbons (Fsp3) is 0.647. The van der Waals surface area contributed by atoms with Crippen LogP contribution in [0.25, 0.3) is 0 Å². The highest BCUT2D eigenvalue weighted by Crippen LogP contribution is 2.13. The number of hydrogen-bond donors (Lipinski definition) is 1. The zero-order valence-corrected chi connectivity index (χ0v) is 12.9. The van der Waals surface area contributed by atoms with Gasteiger partial charge in [-0.15, -0.1) is 0 Å². The van der Waals surface area contributed by atoms with Crippen LogP contribution in [0.4, 0.5) is 0 Å². The van der Waals surface area contributed by atoms with E-state index >= 15 is 0 Å². The molecule has 2 rings (SSSR count). The molecule has 1 fully saturated rings. The first-order valence-corrected chi connectivity index (χ1v) is 7.84. The first-order valence-electron chi connectivity index (χ1n) is 7.84. The van der Waals surface area contributed by atoms with E-state index < -0.39 is 0 Å². The molecule has 0 bridgehead atoms. The van der Waals surface area contributed by atoms with E-state index in [-0.39, 0.29) is 0 Å². The van der Waals surface area contributed by atoms with Gasteiger partial charge in [0, 0.05) is 26.2 Å². The van der Waals surface area contributed by atoms with Gasteiger partial charge >= 0.3 is 0 Å². The molecule has 0 radical (unpaired) electrons. The van der Waals surface area contributed by atoms with Crippen molar-refractivity contribution < 1.29 is 4.74 Å². The average Bonchev–Trinajstić information content (AvgIpc) is 2.93. The molecule has 0 aromatic heterocycles. The summed E-state index contributed by atoms with van der Waals surface area (Å²) in [6.45, 7) is 7.54. The Kier molecular flexibility index (Phi) is 6.51. The van der Waals surface area contributed by atoms with Gasteiger partial charge in [0.25, 0.3) is 0 Å². The van der Waals surface area contributed by atoms with Gasteiger partial charge in [0.05, 0.1) is 6.61 Å². The second-order valence-electron chi connectivity index (χ2n) is 5.78. The molecular weight excluding hydrogens is 248 g/mol. The Morgan fingerprint density at radius 1 is 1.35 bits per heavy atom. The minimum atomic E-state index is 0.684. The zero-order chi connectivity index (χ0) is 14.2. The Morgan fingerprint density at radius 3 is 2.90 bits per heavy atom. The highest BCUT2D eigenvalue weighted by Gasteiger charge is 2.17. The van der Waals surface area contributed by atoms with Gasteiger partial charge in [-0.05, 0) is 43.5 Å². The van der Waals surface area contributed by atoms with Gasteiger partial charge in [0.15, 0.2) is 0 Å². The van der Waals surface area contributed by atoms with Crippen molar-refractivity contribution in [2.75, 3.05) is 26.7 Å². The van der Waals surface area contributed by atoms with Gasteiger partial charge in [-0.25, -0.2) is 0 Å². The van der Waals surface area contributed by atoms with Crippen molar-refractivity contribution in [2.24, 2.45) is 0 Å². The van der Waals surface area contributed by atoms with E-state index in [0.717, 1.165) is 6.54 Å². The number of nitrogens with one attached hydrogen (secondary N) is 1. The maximum atomic E-state index is 5.22. The molecule has 1 unspecified atom stereocenters. The number of methoxy groups -OCH3 is 1. The van der Waals surface area contributed by atoms with Crippen molar-refractivity contribution in [3.05, 3.63) is 35.4 Å². The average molecular weight is 276 g/mol. The highest BCUT2D eigenvalue weighted by atomic mass is 16.5. The monoisotopic (exact) mass is 276 g/mol. The summed E-state index contributed by atoms with van der Waals surface area (Å²) in [6, 6.07) is 9.46. The number of rotatable bonds is 8. The van der Waals surface area contributed by atoms with Crippen LogP contribution in [0, 0.1) is 0 Å². The number of nitrogens with zero attached hydrogens (tertiary/aromatic N) is 1. The summed E-state index contributed by atoms with van der Waals surface area (Å²) in [5, 5.41) is 3.60. The summed E-state index contributed by atoms with van der Waals surface area (Å²) in [4.78, 5) is 2.58. The van der Waals surface area contributed by atoms with Crippen LogP contribution in [-0.4, -0.2) is 37.7 Å². The Labute approximate surface area is 123 Å². The molecule has 1 N–H and O–H groups in total. The van der Waals surface area contributed by atoms with Gasteiger partial charge in [0.2, 0.25) is 0 Å². The van der Waals surface area contributed by atoms with Crippen LogP contribution in [0.2, 0.25) is 0 Å². The lowest BCUT2D eigenvalue weighted by Gasteiger charge is -2.25. The summed E-state index contributed by atoms with van der Waals surface area (Å²) in [6.07, 6.45) is 3.86. The van der Waals surface area contributed by atoms with Crippen LogP contribution >= 0.6 is 0 Å². The SMILES string of the molecule is CCCN(Cc1cccc(COC)c1)CC1CCCN1. The third-order valence-electron chi connectivity index (χ3n) is 3.89. The highest BCUT2D eigenvalue weighted by molar-refractivity contribution is 5.23. The van der Waals surface area contributed by atoms with Crippen LogP contribution < -0.4 is 5.32 Å². The van der Waals surface area contributed by atoms with Crippen LogP contribution in [-0.2, 0) is 17.9 Å². The lowest BCUT2D eigenvalue weighted by Crippen LogP contribution is -2.37. The molecule has 3 heteroatoms. The summed E-state index contributed by atoms with van der Waals surface area (Å²) < 4.78 is 5.22. The smallest absolute Gasteiger partial charge is 0.0713 e. The normalized spacial score (nSPS) is 18.9. The maximum Gasteiger partial charge on any atom is 0.0713 e. The van der Waals surface area contributed by atoms with Crippen LogP contribution in [0.3, 0.4) is 0 Å². The van der Waals surface area contributed by atoms with Gasteiger partial charge in [-0.3, -0.25) is 4.90 Å². The molecule has 0 amide bonds. The van der Waals surface area contributed by atoms with E-state index in [4.69, 9.17) is 4.74 Å². The lowest BCUT2D eigenvalue weighted by molar-refractivity contribution is 0.184. The minimum absolute atomic E-state index is 0.684. The Morgan fingerprint density at radius 2 is 2.20 bits per heavy atom. The van der Waals surface area contributed by atoms with Crippen molar-refractivity contribution in [1.82, 2.24) is 10.2 Å². The first-order chi connectivity index (χ1) is 9.81. The minimum Gasteiger partial charge on any atom is -0.380 e. The van der Waals surface area contributed by atoms with Gasteiger partial charge < -0.3 is 10.1 Å². The fourth-order valence-corrected chi connectivity index (χ4v) is 3.02. The molecule has 1 aliphatic heterocycles. The largest absolute Gasteiger partial charge is 0.380 e. The van der Waals surface area contributed by atoms with E-state index in [2.05, 4.69) is 41.4 Å². The molecule has 0 spiro atoms. The lowest BCUT2D eigenvalue weighted by atomic mass is 10.1. The summed E-state index contributed by atoms with van der Waals surface area (Å²) in [7, 11) is 1.75. The quantitative estimate of drug-likeness (QED) is 0.790. The third-order valence-corrected chi connectivity index (χ3v) is 3.89. The second-order valence-corrected chi connectivity index (χ2v) is 5.78. The predicted molar refractivity (Wildman–Crippen MR) is 83.7 cm³/mol. The Balaban J connectivity index is 1.93. The van der Waals surface area contributed by atoms with Crippen molar-refractivity contribution in [3.8, 4) is 0 Å². The molecule has 112 valence electrons. The number of hydrogen-bond acceptors (Lipinski definition) is 3. The second kappa shape index (κ2) is 8.40. The van der Waals surface area contributed by atoms with Crippen molar-refractivity contribution >= 4 is 0 Å². The molecule has 0 aliphatic carbocycles. The van der Waals surface area contributed by atoms with Crippen molar-refractivity contribution in [3.63, 3.8) is 0 Å². The van der Waals surface area contributed by atoms with Gasteiger partial charge in [0.1, 0.15) is 0 Å². The summed E-state index contributed by atoms with van der Waals surface area (Å²) in [5.74, 6) is 0. The van der Waals surface area contributed by atoms with E-state index in [9.17, 15) is 0 Å². The molecule has 0 saturated carbocycles. The molecular formula is C17H28N2O. The first kappa shape index (κ1) is 15.5. The zero-order valence-electron chi connectivity index (χ0n) is 12.9. The standard InChI is InChI=1S/C17H28N2O/c1-3-10-19(13-17-8-5-9-18-17)12-15-6-4-7-16(11-15)14-20-2/h4,6-7,11,17-18H,3,5,8-10,12-14H2,1-2H3. The topological polar surface area (TPSA) is 24.5 Å². The van der Waals surface area contributed by atoms with E-state index in [0.29, 0.717) is 12.6 Å². The molecule has 3 nitrogen and oxygen atoms in total. The summed E-state index contributed by atoms with van der Waals surface area (Å²) >= 11 is 0. The summed E-state index contributed by atoms with van der Waals surface area (Å²) in [5.41, 5.74) is 2.66. The molecule has 1 aromatic carbocycles. The van der Waals surface area contributed by atoms with E-state index in [1.54, 1.807) is 7.11 Å². The van der Waals surface area contributed by atoms with Gasteiger partial charge in [-0.2, -0.15) is 0 Å². The van der Waals surface area contributed by atoms with Gasteiger partial charge in [-0.1, -0.05) is 31.2 Å². The predicted octanol–water partition coefficient (Wildman–Crippen LogP) is 2.80. The maximum absolute atomic E-state index is 5.22. The molecule has 1 atom stereocenters. The Bertz CT molecular complexity index is 388. The number of ether oxygens (including phenoxy) is 1. The molecule has 1 aliphatic rings. The molecule has 20 heavy (non-hydrogen) atoms. The molecule has 1 saturated heterocycles. The van der Waals surface area contributed by atoms with Crippen molar-refractivity contribution in [1.29, 1.82) is 0 Å². The van der Waals surface area contributed by atoms with E-state index in [1.807, 2.05) is 0 Å². The Hall–Kier alpha value is -0.900. The third kappa shape index (κ3) is 4.89. The molecule has 1 aromatic rings. The fourth-order valence-electron chi connectivity index (χ4n) is 3.02.